The van der Waals surface area contributed by atoms with Crippen molar-refractivity contribution in [2.45, 2.75) is 6.92 Å². The van der Waals surface area contributed by atoms with Crippen LogP contribution in [0, 0.1) is 0 Å². The summed E-state index contributed by atoms with van der Waals surface area (Å²) in [6.07, 6.45) is 1.74. The van der Waals surface area contributed by atoms with Crippen LogP contribution in [0.25, 0.3) is 6.08 Å². The van der Waals surface area contributed by atoms with Crippen molar-refractivity contribution in [3.8, 4) is 17.2 Å². The summed E-state index contributed by atoms with van der Waals surface area (Å²) in [6, 6.07) is 21.2. The Labute approximate surface area is 201 Å². The highest BCUT2D eigenvalue weighted by molar-refractivity contribution is 8.18. The molecule has 0 bridgehead atoms. The molecule has 1 amide bonds. The molecule has 1 saturated heterocycles. The van der Waals surface area contributed by atoms with Crippen molar-refractivity contribution in [1.29, 1.82) is 0 Å². The maximum Gasteiger partial charge on any atom is 0.343 e. The first-order valence-electron chi connectivity index (χ1n) is 10.5. The van der Waals surface area contributed by atoms with Gasteiger partial charge in [-0.25, -0.2) is 9.79 Å². The monoisotopic (exact) mass is 474 g/mol. The molecule has 1 fully saturated rings. The normalized spacial score (nSPS) is 15.3. The molecule has 0 saturated carbocycles. The van der Waals surface area contributed by atoms with E-state index in [0.717, 1.165) is 11.3 Å². The van der Waals surface area contributed by atoms with E-state index in [1.54, 1.807) is 55.7 Å². The lowest BCUT2D eigenvalue weighted by Gasteiger charge is -2.12. The SMILES string of the molecule is CCOc1cc(/C=C2\SC(=Nc3ccccc3)NC2=O)ccc1OC(=O)c1ccc(OC)cc1. The number of para-hydroxylation sites is 1. The summed E-state index contributed by atoms with van der Waals surface area (Å²) in [6.45, 7) is 2.23. The quantitative estimate of drug-likeness (QED) is 0.288. The van der Waals surface area contributed by atoms with E-state index in [9.17, 15) is 9.59 Å². The Morgan fingerprint density at radius 2 is 1.79 bits per heavy atom. The molecule has 1 N–H and O–H groups in total. The number of ether oxygens (including phenoxy) is 3. The van der Waals surface area contributed by atoms with Crippen LogP contribution in [0.5, 0.6) is 17.2 Å². The van der Waals surface area contributed by atoms with E-state index in [1.807, 2.05) is 37.3 Å². The third-order valence-corrected chi connectivity index (χ3v) is 5.64. The van der Waals surface area contributed by atoms with Gasteiger partial charge in [0.1, 0.15) is 5.75 Å². The van der Waals surface area contributed by atoms with Gasteiger partial charge in [-0.1, -0.05) is 24.3 Å². The molecule has 0 aliphatic carbocycles. The molecule has 7 nitrogen and oxygen atoms in total. The van der Waals surface area contributed by atoms with Crippen molar-refractivity contribution in [1.82, 2.24) is 5.32 Å². The molecular formula is C26H22N2O5S. The highest BCUT2D eigenvalue weighted by Crippen LogP contribution is 2.33. The maximum atomic E-state index is 12.6. The molecule has 0 aromatic heterocycles. The Kier molecular flexibility index (Phi) is 7.29. The third-order valence-electron chi connectivity index (χ3n) is 4.73. The summed E-state index contributed by atoms with van der Waals surface area (Å²) in [4.78, 5) is 29.9. The minimum absolute atomic E-state index is 0.229. The number of methoxy groups -OCH3 is 1. The van der Waals surface area contributed by atoms with E-state index in [1.165, 1.54) is 11.8 Å². The predicted molar refractivity (Wildman–Crippen MR) is 133 cm³/mol. The highest BCUT2D eigenvalue weighted by Gasteiger charge is 2.24. The lowest BCUT2D eigenvalue weighted by atomic mass is 10.1. The molecule has 1 aliphatic heterocycles. The summed E-state index contributed by atoms with van der Waals surface area (Å²) in [5, 5.41) is 3.28. The van der Waals surface area contributed by atoms with Crippen LogP contribution in [0.4, 0.5) is 5.69 Å². The number of amides is 1. The van der Waals surface area contributed by atoms with E-state index >= 15 is 0 Å². The van der Waals surface area contributed by atoms with Crippen LogP contribution < -0.4 is 19.5 Å². The number of aliphatic imine (C=N–C) groups is 1. The lowest BCUT2D eigenvalue weighted by Crippen LogP contribution is -2.19. The number of rotatable bonds is 7. The molecule has 0 spiro atoms. The van der Waals surface area contributed by atoms with E-state index in [2.05, 4.69) is 10.3 Å². The number of hydrogen-bond acceptors (Lipinski definition) is 7. The van der Waals surface area contributed by atoms with Crippen molar-refractivity contribution in [3.63, 3.8) is 0 Å². The zero-order chi connectivity index (χ0) is 23.9. The number of hydrogen-bond donors (Lipinski definition) is 1. The molecule has 34 heavy (non-hydrogen) atoms. The average Bonchev–Trinajstić information content (AvgIpc) is 3.19. The van der Waals surface area contributed by atoms with Gasteiger partial charge < -0.3 is 19.5 Å². The second-order valence-electron chi connectivity index (χ2n) is 7.07. The number of carbonyl (C=O) groups excluding carboxylic acids is 2. The summed E-state index contributed by atoms with van der Waals surface area (Å²) in [5.74, 6) is 0.601. The summed E-state index contributed by atoms with van der Waals surface area (Å²) in [5.41, 5.74) is 1.87. The van der Waals surface area contributed by atoms with E-state index < -0.39 is 5.97 Å². The highest BCUT2D eigenvalue weighted by atomic mass is 32.2. The van der Waals surface area contributed by atoms with Crippen LogP contribution in [0.3, 0.4) is 0 Å². The van der Waals surface area contributed by atoms with E-state index in [4.69, 9.17) is 14.2 Å². The zero-order valence-electron chi connectivity index (χ0n) is 18.6. The Balaban J connectivity index is 1.52. The minimum atomic E-state index is -0.512. The first-order valence-corrected chi connectivity index (χ1v) is 11.3. The van der Waals surface area contributed by atoms with Crippen LogP contribution >= 0.6 is 11.8 Å². The van der Waals surface area contributed by atoms with Crippen LogP contribution in [-0.4, -0.2) is 30.8 Å². The number of nitrogens with zero attached hydrogens (tertiary/aromatic N) is 1. The Bertz CT molecular complexity index is 1250. The molecule has 3 aromatic rings. The fourth-order valence-corrected chi connectivity index (χ4v) is 3.95. The molecule has 0 atom stereocenters. The molecule has 3 aromatic carbocycles. The van der Waals surface area contributed by atoms with Crippen LogP contribution in [0.2, 0.25) is 0 Å². The van der Waals surface area contributed by atoms with Crippen LogP contribution in [0.1, 0.15) is 22.8 Å². The molecule has 8 heteroatoms. The Morgan fingerprint density at radius 1 is 1.03 bits per heavy atom. The molecule has 1 heterocycles. The van der Waals surface area contributed by atoms with Crippen molar-refractivity contribution >= 4 is 40.6 Å². The van der Waals surface area contributed by atoms with Gasteiger partial charge in [-0.15, -0.1) is 0 Å². The van der Waals surface area contributed by atoms with Gasteiger partial charge in [0.15, 0.2) is 16.7 Å². The summed E-state index contributed by atoms with van der Waals surface area (Å²) in [7, 11) is 1.56. The molecule has 0 unspecified atom stereocenters. The Hall–Kier alpha value is -4.04. The molecule has 172 valence electrons. The van der Waals surface area contributed by atoms with Gasteiger partial charge in [-0.05, 0) is 78.9 Å². The summed E-state index contributed by atoms with van der Waals surface area (Å²) >= 11 is 1.26. The van der Waals surface area contributed by atoms with Gasteiger partial charge in [0.25, 0.3) is 5.91 Å². The molecule has 1 aliphatic rings. The van der Waals surface area contributed by atoms with Crippen LogP contribution in [0.15, 0.2) is 82.7 Å². The van der Waals surface area contributed by atoms with E-state index in [0.29, 0.717) is 39.5 Å². The van der Waals surface area contributed by atoms with E-state index in [-0.39, 0.29) is 5.91 Å². The van der Waals surface area contributed by atoms with Gasteiger partial charge in [0.05, 0.1) is 29.9 Å². The third kappa shape index (κ3) is 5.65. The van der Waals surface area contributed by atoms with Gasteiger partial charge in [0, 0.05) is 0 Å². The van der Waals surface area contributed by atoms with Crippen molar-refractivity contribution in [3.05, 3.63) is 88.8 Å². The predicted octanol–water partition coefficient (Wildman–Crippen LogP) is 5.20. The lowest BCUT2D eigenvalue weighted by molar-refractivity contribution is -0.115. The average molecular weight is 475 g/mol. The number of nitrogens with one attached hydrogen (secondary N) is 1. The number of benzene rings is 3. The number of carbonyl (C=O) groups is 2. The largest absolute Gasteiger partial charge is 0.497 e. The molecule has 0 radical (unpaired) electrons. The van der Waals surface area contributed by atoms with Gasteiger partial charge in [-0.2, -0.15) is 0 Å². The minimum Gasteiger partial charge on any atom is -0.497 e. The van der Waals surface area contributed by atoms with Crippen LogP contribution in [-0.2, 0) is 4.79 Å². The van der Waals surface area contributed by atoms with Gasteiger partial charge in [0.2, 0.25) is 0 Å². The second kappa shape index (κ2) is 10.7. The zero-order valence-corrected chi connectivity index (χ0v) is 19.4. The topological polar surface area (TPSA) is 86.2 Å². The fourth-order valence-electron chi connectivity index (χ4n) is 3.10. The maximum absolute atomic E-state index is 12.6. The molecule has 4 rings (SSSR count). The number of amidine groups is 1. The van der Waals surface area contributed by atoms with Crippen molar-refractivity contribution < 1.29 is 23.8 Å². The summed E-state index contributed by atoms with van der Waals surface area (Å²) < 4.78 is 16.4. The second-order valence-corrected chi connectivity index (χ2v) is 8.11. The molecular weight excluding hydrogens is 452 g/mol. The standard InChI is InChI=1S/C26H22N2O5S/c1-3-32-22-15-17(9-14-21(22)33-25(30)18-10-12-20(31-2)13-11-18)16-23-24(29)28-26(34-23)27-19-7-5-4-6-8-19/h4-16H,3H2,1-2H3,(H,27,28,29)/b23-16-. The first kappa shape index (κ1) is 23.1. The van der Waals surface area contributed by atoms with Gasteiger partial charge in [-0.3, -0.25) is 4.79 Å². The number of esters is 1. The first-order chi connectivity index (χ1) is 16.6. The fraction of sp³-hybridized carbons (Fsp3) is 0.115. The smallest absolute Gasteiger partial charge is 0.343 e. The Morgan fingerprint density at radius 3 is 2.50 bits per heavy atom. The number of thioether (sulfide) groups is 1. The van der Waals surface area contributed by atoms with Gasteiger partial charge >= 0.3 is 5.97 Å². The van der Waals surface area contributed by atoms with Crippen molar-refractivity contribution in [2.24, 2.45) is 4.99 Å². The van der Waals surface area contributed by atoms with Crippen molar-refractivity contribution in [2.75, 3.05) is 13.7 Å².